The molecule has 10 rings (SSSR count). The fourth-order valence-electron chi connectivity index (χ4n) is 6.95. The first-order chi connectivity index (χ1) is 30.3. The molecule has 63 heavy (non-hydrogen) atoms. The van der Waals surface area contributed by atoms with Gasteiger partial charge in [0.2, 0.25) is 12.7 Å². The summed E-state index contributed by atoms with van der Waals surface area (Å²) in [5.74, 6) is 0.665. The standard InChI is InChI=1S/2C22H16FN2.C8H7N4.Ir/c2*1-24-16-25(20-14-12-19(23)13-15-20)22(18-10-6-3-7-11-18)21(24)17-8-4-2-5-9-17;1-6-10-8(12-11-6)7-4-2-3-5-9-7;/h2*2-14H,1H3;2-5H,1H3;/q3*-1;. The minimum Gasteiger partial charge on any atom is -0.421 e. The molecule has 0 atom stereocenters. The van der Waals surface area contributed by atoms with Crippen molar-refractivity contribution >= 4 is 0 Å². The van der Waals surface area contributed by atoms with Crippen LogP contribution >= 0.6 is 0 Å². The Hall–Kier alpha value is -7.46. The first-order valence-electron chi connectivity index (χ1n) is 19.7. The van der Waals surface area contributed by atoms with Gasteiger partial charge in [-0.15, -0.1) is 24.3 Å². The van der Waals surface area contributed by atoms with Crippen molar-refractivity contribution in [2.45, 2.75) is 6.92 Å². The number of aromatic nitrogens is 8. The average Bonchev–Trinajstić information content (AvgIpc) is 4.03. The molecule has 0 amide bonds. The van der Waals surface area contributed by atoms with Gasteiger partial charge in [0.15, 0.2) is 0 Å². The summed E-state index contributed by atoms with van der Waals surface area (Å²) >= 11 is 0. The maximum absolute atomic E-state index is 13.3. The first-order valence-corrected chi connectivity index (χ1v) is 19.7. The number of aryl methyl sites for hydroxylation is 3. The largest absolute Gasteiger partial charge is 0.421 e. The summed E-state index contributed by atoms with van der Waals surface area (Å²) in [6.07, 6.45) is 8.36. The molecule has 0 aliphatic carbocycles. The van der Waals surface area contributed by atoms with Crippen LogP contribution in [-0.4, -0.2) is 24.2 Å². The SMILES string of the molecule is C[n+]1[c-]n(-c2[c-]cc(F)cc2)c(-c2ccccc2)c1-c1ccccc1.C[n+]1[c-]n(-c2[c-]cc(F)cc2)c(-c2ccccc2)c1-c1ccccc1.Cc1n[n-]c(-c2ccccn2)n1.[Ir]. The molecule has 1 radical (unpaired) electrons. The fraction of sp³-hybridized carbons (Fsp3) is 0.0577. The second-order valence-corrected chi connectivity index (χ2v) is 14.0. The minimum absolute atomic E-state index is 0. The Bertz CT molecular complexity index is 2800. The third-order valence-electron chi connectivity index (χ3n) is 9.71. The van der Waals surface area contributed by atoms with E-state index in [1.54, 1.807) is 25.3 Å². The van der Waals surface area contributed by atoms with Crippen molar-refractivity contribution in [3.63, 3.8) is 0 Å². The van der Waals surface area contributed by atoms with E-state index >= 15 is 0 Å². The van der Waals surface area contributed by atoms with Gasteiger partial charge in [-0.25, -0.2) is 0 Å². The van der Waals surface area contributed by atoms with E-state index in [0.717, 1.165) is 62.1 Å². The van der Waals surface area contributed by atoms with E-state index in [0.29, 0.717) is 11.6 Å². The van der Waals surface area contributed by atoms with Crippen LogP contribution in [0.15, 0.2) is 182 Å². The van der Waals surface area contributed by atoms with Gasteiger partial charge in [-0.05, 0) is 47.1 Å². The summed E-state index contributed by atoms with van der Waals surface area (Å²) in [5.41, 5.74) is 10.7. The minimum atomic E-state index is -0.301. The van der Waals surface area contributed by atoms with Crippen molar-refractivity contribution < 1.29 is 38.0 Å². The third kappa shape index (κ3) is 10.2. The number of nitrogens with zero attached hydrogens (tertiary/aromatic N) is 8. The number of benzene rings is 6. The van der Waals surface area contributed by atoms with Crippen LogP contribution in [0.25, 0.3) is 67.9 Å². The molecule has 0 unspecified atom stereocenters. The molecule has 313 valence electrons. The van der Waals surface area contributed by atoms with Gasteiger partial charge in [0.05, 0.1) is 42.6 Å². The van der Waals surface area contributed by atoms with Crippen molar-refractivity contribution in [1.29, 1.82) is 0 Å². The predicted molar refractivity (Wildman–Crippen MR) is 234 cm³/mol. The Labute approximate surface area is 378 Å². The van der Waals surface area contributed by atoms with Gasteiger partial charge in [-0.2, -0.15) is 24.3 Å². The Morgan fingerprint density at radius 3 is 1.29 bits per heavy atom. The van der Waals surface area contributed by atoms with E-state index in [1.165, 1.54) is 24.3 Å². The maximum atomic E-state index is 13.3. The number of rotatable bonds is 7. The summed E-state index contributed by atoms with van der Waals surface area (Å²) < 4.78 is 34.4. The van der Waals surface area contributed by atoms with E-state index in [2.05, 4.69) is 93.5 Å². The predicted octanol–water partition coefficient (Wildman–Crippen LogP) is 9.55. The second-order valence-electron chi connectivity index (χ2n) is 14.0. The van der Waals surface area contributed by atoms with Gasteiger partial charge in [-0.3, -0.25) is 18.9 Å². The molecule has 11 heteroatoms. The molecule has 10 aromatic rings. The van der Waals surface area contributed by atoms with Crippen LogP contribution < -0.4 is 14.2 Å². The zero-order valence-corrected chi connectivity index (χ0v) is 36.9. The Morgan fingerprint density at radius 2 is 0.937 bits per heavy atom. The van der Waals surface area contributed by atoms with Gasteiger partial charge < -0.3 is 28.4 Å². The van der Waals surface area contributed by atoms with E-state index in [9.17, 15) is 8.78 Å². The molecule has 0 saturated heterocycles. The molecular formula is C52H39F2IrN8-3. The number of halogens is 2. The monoisotopic (exact) mass is 1010 g/mol. The zero-order chi connectivity index (χ0) is 42.8. The van der Waals surface area contributed by atoms with Crippen LogP contribution in [0.3, 0.4) is 0 Å². The van der Waals surface area contributed by atoms with Crippen LogP contribution in [0.1, 0.15) is 5.82 Å². The molecule has 0 saturated carbocycles. The molecule has 8 nitrogen and oxygen atoms in total. The van der Waals surface area contributed by atoms with E-state index in [4.69, 9.17) is 0 Å². The van der Waals surface area contributed by atoms with Gasteiger partial charge in [0.25, 0.3) is 0 Å². The van der Waals surface area contributed by atoms with Crippen LogP contribution in [0.2, 0.25) is 0 Å². The molecular weight excluding hydrogens is 967 g/mol. The topological polar surface area (TPSA) is 70.4 Å². The number of imidazole rings is 2. The molecule has 0 aliphatic heterocycles. The van der Waals surface area contributed by atoms with Crippen molar-refractivity contribution in [2.24, 2.45) is 14.1 Å². The van der Waals surface area contributed by atoms with E-state index < -0.39 is 0 Å². The fourth-order valence-corrected chi connectivity index (χ4v) is 6.95. The number of hydrogen-bond acceptors (Lipinski definition) is 3. The molecule has 0 spiro atoms. The van der Waals surface area contributed by atoms with Crippen molar-refractivity contribution in [3.05, 3.63) is 224 Å². The summed E-state index contributed by atoms with van der Waals surface area (Å²) in [5, 5.41) is 7.65. The van der Waals surface area contributed by atoms with Gasteiger partial charge in [0.1, 0.15) is 0 Å². The quantitative estimate of drug-likeness (QED) is 0.118. The molecule has 0 bridgehead atoms. The van der Waals surface area contributed by atoms with Crippen molar-refractivity contribution in [2.75, 3.05) is 0 Å². The molecule has 0 fully saturated rings. The number of hydrogen-bond donors (Lipinski definition) is 0. The number of pyridine rings is 1. The van der Waals surface area contributed by atoms with Crippen LogP contribution in [0, 0.1) is 43.3 Å². The second kappa shape index (κ2) is 20.4. The average molecular weight is 1010 g/mol. The first kappa shape index (κ1) is 43.6. The molecule has 6 aromatic carbocycles. The molecule has 4 heterocycles. The van der Waals surface area contributed by atoms with Gasteiger partial charge in [-0.1, -0.05) is 139 Å². The third-order valence-corrected chi connectivity index (χ3v) is 9.71. The summed E-state index contributed by atoms with van der Waals surface area (Å²) in [4.78, 5) is 8.19. The molecule has 0 N–H and O–H groups in total. The molecule has 4 aromatic heterocycles. The van der Waals surface area contributed by atoms with Crippen molar-refractivity contribution in [1.82, 2.24) is 29.3 Å². The normalized spacial score (nSPS) is 10.5. The Kier molecular flexibility index (Phi) is 14.1. The van der Waals surface area contributed by atoms with Gasteiger partial charge >= 0.3 is 0 Å². The summed E-state index contributed by atoms with van der Waals surface area (Å²) in [6.45, 7) is 1.80. The smallest absolute Gasteiger partial charge is 0.242 e. The van der Waals surface area contributed by atoms with Crippen LogP contribution in [-0.2, 0) is 34.2 Å². The summed E-state index contributed by atoms with van der Waals surface area (Å²) in [7, 11) is 3.93. The zero-order valence-electron chi connectivity index (χ0n) is 34.5. The van der Waals surface area contributed by atoms with Crippen LogP contribution in [0.4, 0.5) is 8.78 Å². The van der Waals surface area contributed by atoms with Crippen molar-refractivity contribution in [3.8, 4) is 67.9 Å². The Balaban J connectivity index is 0.000000149. The maximum Gasteiger partial charge on any atom is 0.242 e. The van der Waals surface area contributed by atoms with Crippen LogP contribution in [0.5, 0.6) is 0 Å². The summed E-state index contributed by atoms with van der Waals surface area (Å²) in [6, 6.07) is 61.3. The molecule has 0 aliphatic rings. The van der Waals surface area contributed by atoms with E-state index in [-0.39, 0.29) is 31.7 Å². The van der Waals surface area contributed by atoms with E-state index in [1.807, 2.05) is 123 Å². The Morgan fingerprint density at radius 1 is 0.524 bits per heavy atom. The van der Waals surface area contributed by atoms with Gasteiger partial charge in [0, 0.05) is 43.8 Å².